The molecule has 4 atom stereocenters. The molecule has 3 aromatic heterocycles. The van der Waals surface area contributed by atoms with E-state index >= 15 is 0 Å². The van der Waals surface area contributed by atoms with Gasteiger partial charge >= 0.3 is 12.2 Å². The molecule has 0 saturated carbocycles. The van der Waals surface area contributed by atoms with E-state index in [2.05, 4.69) is 75.9 Å². The minimum Gasteiger partial charge on any atom is -0.453 e. The Kier molecular flexibility index (Phi) is 13.6. The summed E-state index contributed by atoms with van der Waals surface area (Å²) in [5.41, 5.74) is 5.89. The normalized spacial score (nSPS) is 18.4. The maximum Gasteiger partial charge on any atom is 0.407 e. The molecular formula is C44H59N9O6. The second kappa shape index (κ2) is 18.8. The molecule has 15 heteroatoms. The number of ether oxygens (including phenoxy) is 2. The highest BCUT2D eigenvalue weighted by atomic mass is 16.5. The summed E-state index contributed by atoms with van der Waals surface area (Å²) in [6, 6.07) is 4.50. The average molecular weight is 810 g/mol. The van der Waals surface area contributed by atoms with Crippen molar-refractivity contribution in [2.24, 2.45) is 17.8 Å². The molecule has 5 N–H and O–H groups in total. The third kappa shape index (κ3) is 9.55. The zero-order chi connectivity index (χ0) is 42.4. The van der Waals surface area contributed by atoms with Gasteiger partial charge in [-0.2, -0.15) is 0 Å². The van der Waals surface area contributed by atoms with E-state index in [1.807, 2.05) is 56.1 Å². The summed E-state index contributed by atoms with van der Waals surface area (Å²) in [6.07, 6.45) is 14.7. The van der Waals surface area contributed by atoms with Gasteiger partial charge in [-0.25, -0.2) is 19.6 Å². The number of imidazole rings is 2. The molecule has 1 aromatic carbocycles. The van der Waals surface area contributed by atoms with Crippen molar-refractivity contribution in [1.29, 1.82) is 0 Å². The molecule has 2 saturated heterocycles. The van der Waals surface area contributed by atoms with Crippen LogP contribution in [0.25, 0.3) is 27.7 Å². The number of rotatable bonds is 14. The molecule has 316 valence electrons. The van der Waals surface area contributed by atoms with Gasteiger partial charge in [0, 0.05) is 48.5 Å². The number of nitrogens with zero attached hydrogens (tertiary/aromatic N) is 4. The van der Waals surface area contributed by atoms with Gasteiger partial charge in [0.25, 0.3) is 0 Å². The van der Waals surface area contributed by atoms with Crippen molar-refractivity contribution in [3.05, 3.63) is 77.9 Å². The molecule has 0 aliphatic carbocycles. The fourth-order valence-corrected chi connectivity index (χ4v) is 8.22. The Labute approximate surface area is 345 Å². The van der Waals surface area contributed by atoms with E-state index in [4.69, 9.17) is 19.4 Å². The van der Waals surface area contributed by atoms with Crippen molar-refractivity contribution in [3.8, 4) is 11.3 Å². The summed E-state index contributed by atoms with van der Waals surface area (Å²) >= 11 is 0. The Morgan fingerprint density at radius 1 is 0.814 bits per heavy atom. The Hall–Kier alpha value is -5.86. The van der Waals surface area contributed by atoms with E-state index in [1.54, 1.807) is 0 Å². The zero-order valence-corrected chi connectivity index (χ0v) is 35.4. The van der Waals surface area contributed by atoms with Crippen LogP contribution in [-0.2, 0) is 25.5 Å². The quantitative estimate of drug-likeness (QED) is 0.0826. The average Bonchev–Trinajstić information content (AvgIpc) is 4.06. The summed E-state index contributed by atoms with van der Waals surface area (Å²) in [7, 11) is 2.58. The van der Waals surface area contributed by atoms with Gasteiger partial charge in [-0.3, -0.25) is 9.59 Å². The number of likely N-dealkylation sites (tertiary alicyclic amines) is 2. The maximum absolute atomic E-state index is 13.7. The Morgan fingerprint density at radius 2 is 1.39 bits per heavy atom. The lowest BCUT2D eigenvalue weighted by Crippen LogP contribution is -2.51. The Bertz CT molecular complexity index is 2180. The maximum atomic E-state index is 13.7. The van der Waals surface area contributed by atoms with Crippen LogP contribution >= 0.6 is 0 Å². The topological polar surface area (TPSA) is 190 Å². The molecule has 6 rings (SSSR count). The molecule has 4 aromatic rings. The molecule has 2 fully saturated rings. The fourth-order valence-electron chi connectivity index (χ4n) is 8.22. The highest BCUT2D eigenvalue weighted by molar-refractivity contribution is 6.01. The number of alkyl carbamates (subject to hydrolysis) is 2. The van der Waals surface area contributed by atoms with E-state index in [9.17, 15) is 19.2 Å². The van der Waals surface area contributed by atoms with Crippen molar-refractivity contribution in [3.63, 3.8) is 0 Å². The minimum atomic E-state index is -0.704. The lowest BCUT2D eigenvalue weighted by atomic mass is 9.95. The summed E-state index contributed by atoms with van der Waals surface area (Å²) in [4.78, 5) is 74.9. The predicted molar refractivity (Wildman–Crippen MR) is 226 cm³/mol. The van der Waals surface area contributed by atoms with Crippen LogP contribution in [0, 0.1) is 17.8 Å². The number of fused-ring (bicyclic) bond motifs is 1. The van der Waals surface area contributed by atoms with Gasteiger partial charge in [-0.1, -0.05) is 71.9 Å². The lowest BCUT2D eigenvalue weighted by Gasteiger charge is -2.30. The SMILES string of the molecule is COC(=O)NC(C(=O)N1CCCC1c1ncc(C/C=C\C(=CC(C)C)c2ccc(-c3cnc(C4CCCN4C(=O)C(NC(=O)OC)C(C)C)[nH]3)c3[nH]ccc23)[nH]1)C(C)C. The van der Waals surface area contributed by atoms with Gasteiger partial charge in [0.2, 0.25) is 11.8 Å². The molecule has 15 nitrogen and oxygen atoms in total. The highest BCUT2D eigenvalue weighted by Gasteiger charge is 2.39. The van der Waals surface area contributed by atoms with Gasteiger partial charge in [-0.05, 0) is 60.6 Å². The molecule has 5 heterocycles. The molecule has 0 spiro atoms. The smallest absolute Gasteiger partial charge is 0.407 e. The van der Waals surface area contributed by atoms with Crippen LogP contribution in [-0.4, -0.2) is 98.1 Å². The first-order valence-electron chi connectivity index (χ1n) is 20.7. The van der Waals surface area contributed by atoms with Gasteiger partial charge in [0.1, 0.15) is 23.7 Å². The molecule has 2 aliphatic rings. The van der Waals surface area contributed by atoms with Crippen LogP contribution < -0.4 is 10.6 Å². The van der Waals surface area contributed by atoms with Crippen molar-refractivity contribution in [2.45, 2.75) is 97.8 Å². The Morgan fingerprint density at radius 3 is 1.95 bits per heavy atom. The van der Waals surface area contributed by atoms with E-state index in [-0.39, 0.29) is 35.7 Å². The van der Waals surface area contributed by atoms with Crippen molar-refractivity contribution in [1.82, 2.24) is 45.4 Å². The van der Waals surface area contributed by atoms with Crippen molar-refractivity contribution >= 4 is 40.5 Å². The second-order valence-electron chi connectivity index (χ2n) is 16.5. The van der Waals surface area contributed by atoms with E-state index < -0.39 is 24.3 Å². The number of hydrogen-bond acceptors (Lipinski definition) is 8. The predicted octanol–water partition coefficient (Wildman–Crippen LogP) is 7.21. The first kappa shape index (κ1) is 42.7. The summed E-state index contributed by atoms with van der Waals surface area (Å²) < 4.78 is 9.56. The van der Waals surface area contributed by atoms with Gasteiger partial charge in [0.05, 0.1) is 43.7 Å². The Balaban J connectivity index is 1.18. The number of H-pyrrole nitrogens is 3. The lowest BCUT2D eigenvalue weighted by molar-refractivity contribution is -0.136. The number of methoxy groups -OCH3 is 2. The number of amides is 4. The van der Waals surface area contributed by atoms with Crippen molar-refractivity contribution < 1.29 is 28.7 Å². The van der Waals surface area contributed by atoms with Crippen LogP contribution in [0.15, 0.2) is 55.0 Å². The third-order valence-corrected chi connectivity index (χ3v) is 11.2. The number of aromatic nitrogens is 5. The largest absolute Gasteiger partial charge is 0.453 e. The third-order valence-electron chi connectivity index (χ3n) is 11.2. The highest BCUT2D eigenvalue weighted by Crippen LogP contribution is 2.37. The molecule has 2 aliphatic heterocycles. The van der Waals surface area contributed by atoms with Gasteiger partial charge in [0.15, 0.2) is 0 Å². The fraction of sp³-hybridized carbons (Fsp3) is 0.500. The first-order chi connectivity index (χ1) is 28.3. The number of carbonyl (C=O) groups is 4. The van der Waals surface area contributed by atoms with Gasteiger partial charge < -0.3 is 44.9 Å². The minimum absolute atomic E-state index is 0.107. The zero-order valence-electron chi connectivity index (χ0n) is 35.4. The molecular weight excluding hydrogens is 751 g/mol. The number of benzene rings is 1. The van der Waals surface area contributed by atoms with Crippen LogP contribution in [0.3, 0.4) is 0 Å². The van der Waals surface area contributed by atoms with Crippen LogP contribution in [0.1, 0.15) is 102 Å². The summed E-state index contributed by atoms with van der Waals surface area (Å²) in [5, 5.41) is 6.48. The molecule has 0 bridgehead atoms. The molecule has 4 unspecified atom stereocenters. The number of hydrogen-bond donors (Lipinski definition) is 5. The van der Waals surface area contributed by atoms with E-state index in [1.165, 1.54) is 14.2 Å². The number of aromatic amines is 3. The standard InChI is InChI=1S/C44H59N9O6/c1-25(2)22-28(12-9-13-29-23-46-39(48-29)34-14-10-20-52(34)41(54)36(26(3)4)50-43(56)58-7)30-16-17-32(38-31(30)18-19-45-38)33-24-47-40(49-33)35-15-11-21-53(35)42(55)37(27(5)6)51-44(57)59-8/h9,12,16-19,22-27,34-37,45H,10-11,13-15,20-21H2,1-8H3,(H,46,48)(H,47,49)(H,50,56)(H,51,57)/b12-9-,28-22?. The molecule has 4 amide bonds. The van der Waals surface area contributed by atoms with E-state index in [0.717, 1.165) is 70.5 Å². The van der Waals surface area contributed by atoms with E-state index in [0.29, 0.717) is 31.3 Å². The van der Waals surface area contributed by atoms with Crippen LogP contribution in [0.4, 0.5) is 9.59 Å². The number of nitrogens with one attached hydrogen (secondary N) is 5. The van der Waals surface area contributed by atoms with Crippen LogP contribution in [0.5, 0.6) is 0 Å². The number of allylic oxidation sites excluding steroid dienone is 4. The summed E-state index contributed by atoms with van der Waals surface area (Å²) in [5.74, 6) is 1.24. The first-order valence-corrected chi connectivity index (χ1v) is 20.7. The molecule has 0 radical (unpaired) electrons. The van der Waals surface area contributed by atoms with Crippen molar-refractivity contribution in [2.75, 3.05) is 27.3 Å². The molecule has 59 heavy (non-hydrogen) atoms. The monoisotopic (exact) mass is 809 g/mol. The van der Waals surface area contributed by atoms with Gasteiger partial charge in [-0.15, -0.1) is 0 Å². The number of carbonyl (C=O) groups excluding carboxylic acids is 4. The second-order valence-corrected chi connectivity index (χ2v) is 16.5. The van der Waals surface area contributed by atoms with Crippen LogP contribution in [0.2, 0.25) is 0 Å². The summed E-state index contributed by atoms with van der Waals surface area (Å²) in [6.45, 7) is 13.1.